The average molecular weight is 552 g/mol. The highest BCUT2D eigenvalue weighted by atomic mass is 127. The van der Waals surface area contributed by atoms with E-state index in [0.29, 0.717) is 0 Å². The van der Waals surface area contributed by atoms with E-state index in [1.54, 1.807) is 19.0 Å². The van der Waals surface area contributed by atoms with E-state index in [1.165, 1.54) is 5.69 Å². The molecule has 0 saturated heterocycles. The smallest absolute Gasteiger partial charge is 0.253 e. The fourth-order valence-corrected chi connectivity index (χ4v) is 3.35. The van der Waals surface area contributed by atoms with Gasteiger partial charge in [0.05, 0.1) is 0 Å². The number of carbonyl (C=O) groups is 1. The third-order valence-corrected chi connectivity index (χ3v) is 4.99. The summed E-state index contributed by atoms with van der Waals surface area (Å²) in [4.78, 5) is 20.8. The third kappa shape index (κ3) is 9.46. The van der Waals surface area contributed by atoms with Gasteiger partial charge in [-0.3, -0.25) is 9.79 Å². The second kappa shape index (κ2) is 15.5. The monoisotopic (exact) mass is 551 g/mol. The summed E-state index contributed by atoms with van der Waals surface area (Å²) in [6.45, 7) is 8.58. The molecule has 176 valence electrons. The first-order valence-electron chi connectivity index (χ1n) is 11.2. The molecule has 0 saturated carbocycles. The van der Waals surface area contributed by atoms with Gasteiger partial charge in [0.1, 0.15) is 0 Å². The summed E-state index contributed by atoms with van der Waals surface area (Å²) in [5.74, 6) is 0.868. The van der Waals surface area contributed by atoms with Crippen molar-refractivity contribution in [1.29, 1.82) is 0 Å². The zero-order valence-electron chi connectivity index (χ0n) is 19.8. The molecule has 0 aliphatic heterocycles. The Bertz CT molecular complexity index is 826. The van der Waals surface area contributed by atoms with Crippen molar-refractivity contribution < 1.29 is 4.79 Å². The fourth-order valence-electron chi connectivity index (χ4n) is 3.35. The van der Waals surface area contributed by atoms with Crippen molar-refractivity contribution in [3.63, 3.8) is 0 Å². The summed E-state index contributed by atoms with van der Waals surface area (Å²) in [5.41, 5.74) is 3.12. The molecule has 0 heterocycles. The molecule has 7 heteroatoms. The molecule has 0 radical (unpaired) electrons. The molecule has 2 N–H and O–H groups in total. The van der Waals surface area contributed by atoms with Crippen LogP contribution in [0.15, 0.2) is 59.6 Å². The molecule has 0 atom stereocenters. The highest BCUT2D eigenvalue weighted by Gasteiger charge is 2.08. The molecule has 0 aromatic heterocycles. The maximum Gasteiger partial charge on any atom is 0.253 e. The molecule has 0 aliphatic carbocycles. The lowest BCUT2D eigenvalue weighted by Crippen LogP contribution is -2.38. The minimum Gasteiger partial charge on any atom is -0.372 e. The summed E-state index contributed by atoms with van der Waals surface area (Å²) in [7, 11) is 3.55. The molecule has 6 nitrogen and oxygen atoms in total. The lowest BCUT2D eigenvalue weighted by Gasteiger charge is -2.22. The zero-order valence-corrected chi connectivity index (χ0v) is 22.1. The number of amides is 1. The van der Waals surface area contributed by atoms with Crippen LogP contribution in [-0.4, -0.2) is 63.6 Å². The van der Waals surface area contributed by atoms with Crippen molar-refractivity contribution >= 4 is 41.5 Å². The maximum atomic E-state index is 12.1. The number of aliphatic imine (C=N–C) groups is 1. The number of nitrogens with one attached hydrogen (secondary N) is 2. The highest BCUT2D eigenvalue weighted by molar-refractivity contribution is 14.0. The number of carbonyl (C=O) groups excluding carboxylic acids is 1. The van der Waals surface area contributed by atoms with Gasteiger partial charge in [0.2, 0.25) is 0 Å². The van der Waals surface area contributed by atoms with Crippen molar-refractivity contribution in [1.82, 2.24) is 15.5 Å². The van der Waals surface area contributed by atoms with E-state index in [-0.39, 0.29) is 29.9 Å². The number of halogens is 1. The van der Waals surface area contributed by atoms with Gasteiger partial charge < -0.3 is 20.4 Å². The number of nitrogens with zero attached hydrogens (tertiary/aromatic N) is 3. The second-order valence-corrected chi connectivity index (χ2v) is 7.61. The van der Waals surface area contributed by atoms with Gasteiger partial charge in [-0.05, 0) is 56.5 Å². The Morgan fingerprint density at radius 1 is 1.00 bits per heavy atom. The number of para-hydroxylation sites is 1. The lowest BCUT2D eigenvalue weighted by molar-refractivity contribution is 0.0827. The zero-order chi connectivity index (χ0) is 22.5. The van der Waals surface area contributed by atoms with Crippen LogP contribution in [-0.2, 0) is 6.42 Å². The largest absolute Gasteiger partial charge is 0.372 e. The predicted molar refractivity (Wildman–Crippen MR) is 147 cm³/mol. The van der Waals surface area contributed by atoms with Gasteiger partial charge in [-0.15, -0.1) is 24.0 Å². The Labute approximate surface area is 210 Å². The van der Waals surface area contributed by atoms with Crippen LogP contribution >= 0.6 is 24.0 Å². The molecule has 0 bridgehead atoms. The molecule has 1 amide bonds. The molecule has 0 aliphatic rings. The molecule has 0 unspecified atom stereocenters. The summed E-state index contributed by atoms with van der Waals surface area (Å²) in [6.07, 6.45) is 1.82. The Morgan fingerprint density at radius 3 is 2.41 bits per heavy atom. The number of hydrogen-bond donors (Lipinski definition) is 2. The lowest BCUT2D eigenvalue weighted by atomic mass is 10.1. The highest BCUT2D eigenvalue weighted by Crippen LogP contribution is 2.13. The van der Waals surface area contributed by atoms with Crippen molar-refractivity contribution in [3.05, 3.63) is 65.7 Å². The van der Waals surface area contributed by atoms with Crippen molar-refractivity contribution in [3.8, 4) is 0 Å². The second-order valence-electron chi connectivity index (χ2n) is 7.61. The number of hydrogen-bond acceptors (Lipinski definition) is 3. The third-order valence-electron chi connectivity index (χ3n) is 4.99. The first-order valence-corrected chi connectivity index (χ1v) is 11.2. The van der Waals surface area contributed by atoms with E-state index >= 15 is 0 Å². The van der Waals surface area contributed by atoms with Crippen LogP contribution in [0.5, 0.6) is 0 Å². The number of guanidine groups is 1. The standard InChI is InChI=1S/C25H37N5O.HI/c1-5-26-25(27-17-11-19-30(6-2)23-14-8-7-9-15-23)28-18-16-21-12-10-13-22(20-21)24(31)29(3)4;/h7-10,12-15,20H,5-6,11,16-19H2,1-4H3,(H2,26,27,28);1H. The maximum absolute atomic E-state index is 12.1. The van der Waals surface area contributed by atoms with Crippen molar-refractivity contribution in [2.24, 2.45) is 4.99 Å². The Hall–Kier alpha value is -2.29. The number of anilines is 1. The van der Waals surface area contributed by atoms with Crippen molar-refractivity contribution in [2.45, 2.75) is 26.7 Å². The van der Waals surface area contributed by atoms with Gasteiger partial charge in [0.15, 0.2) is 5.96 Å². The Morgan fingerprint density at radius 2 is 1.75 bits per heavy atom. The van der Waals surface area contributed by atoms with Crippen LogP contribution in [0, 0.1) is 0 Å². The minimum absolute atomic E-state index is 0. The van der Waals surface area contributed by atoms with E-state index < -0.39 is 0 Å². The summed E-state index contributed by atoms with van der Waals surface area (Å²) >= 11 is 0. The Balaban J connectivity index is 0.00000512. The molecule has 0 fully saturated rings. The van der Waals surface area contributed by atoms with Crippen molar-refractivity contribution in [2.75, 3.05) is 51.7 Å². The summed E-state index contributed by atoms with van der Waals surface area (Å²) in [6, 6.07) is 18.3. The molecule has 0 spiro atoms. The molecule has 2 rings (SSSR count). The van der Waals surface area contributed by atoms with Gasteiger partial charge in [0, 0.05) is 58.1 Å². The summed E-state index contributed by atoms with van der Waals surface area (Å²) in [5, 5.41) is 6.72. The van der Waals surface area contributed by atoms with Gasteiger partial charge in [-0.25, -0.2) is 0 Å². The van der Waals surface area contributed by atoms with Crippen LogP contribution in [0.1, 0.15) is 36.2 Å². The first-order chi connectivity index (χ1) is 15.0. The van der Waals surface area contributed by atoms with Gasteiger partial charge >= 0.3 is 0 Å². The van der Waals surface area contributed by atoms with Crippen LogP contribution < -0.4 is 15.5 Å². The molecule has 2 aromatic rings. The van der Waals surface area contributed by atoms with Gasteiger partial charge in [0.25, 0.3) is 5.91 Å². The van der Waals surface area contributed by atoms with Crippen LogP contribution in [0.4, 0.5) is 5.69 Å². The molecular weight excluding hydrogens is 513 g/mol. The SMILES string of the molecule is CCNC(=NCCCN(CC)c1ccccc1)NCCc1cccc(C(=O)N(C)C)c1.I. The van der Waals surface area contributed by atoms with Crippen LogP contribution in [0.2, 0.25) is 0 Å². The summed E-state index contributed by atoms with van der Waals surface area (Å²) < 4.78 is 0. The average Bonchev–Trinajstić information content (AvgIpc) is 2.79. The quantitative estimate of drug-likeness (QED) is 0.192. The normalized spacial score (nSPS) is 10.8. The van der Waals surface area contributed by atoms with E-state index in [0.717, 1.165) is 62.7 Å². The first kappa shape index (κ1) is 27.7. The van der Waals surface area contributed by atoms with E-state index in [1.807, 2.05) is 24.3 Å². The van der Waals surface area contributed by atoms with E-state index in [2.05, 4.69) is 59.7 Å². The molecular formula is C25H38IN5O. The fraction of sp³-hybridized carbons (Fsp3) is 0.440. The number of rotatable bonds is 11. The van der Waals surface area contributed by atoms with E-state index in [9.17, 15) is 4.79 Å². The van der Waals surface area contributed by atoms with E-state index in [4.69, 9.17) is 4.99 Å². The van der Waals surface area contributed by atoms with Gasteiger partial charge in [-0.2, -0.15) is 0 Å². The Kier molecular flexibility index (Phi) is 13.4. The molecule has 32 heavy (non-hydrogen) atoms. The predicted octanol–water partition coefficient (Wildman–Crippen LogP) is 4.02. The topological polar surface area (TPSA) is 60.0 Å². The molecule has 2 aromatic carbocycles. The van der Waals surface area contributed by atoms with Crippen LogP contribution in [0.25, 0.3) is 0 Å². The van der Waals surface area contributed by atoms with Crippen LogP contribution in [0.3, 0.4) is 0 Å². The number of benzene rings is 2. The minimum atomic E-state index is 0. The van der Waals surface area contributed by atoms with Gasteiger partial charge in [-0.1, -0.05) is 30.3 Å².